The van der Waals surface area contributed by atoms with Gasteiger partial charge in [-0.15, -0.1) is 0 Å². The summed E-state index contributed by atoms with van der Waals surface area (Å²) in [5, 5.41) is 6.82. The molecule has 3 aliphatic rings. The van der Waals surface area contributed by atoms with Crippen LogP contribution in [-0.2, 0) is 4.74 Å². The minimum absolute atomic E-state index is 0.0144. The van der Waals surface area contributed by atoms with Gasteiger partial charge in [-0.25, -0.2) is 9.97 Å². The number of carbonyl (C=O) groups excluding carboxylic acids is 1. The Morgan fingerprint density at radius 3 is 2.70 bits per heavy atom. The Morgan fingerprint density at radius 2 is 2.04 bits per heavy atom. The van der Waals surface area contributed by atoms with Gasteiger partial charge >= 0.3 is 0 Å². The minimum Gasteiger partial charge on any atom is -0.378 e. The zero-order valence-electron chi connectivity index (χ0n) is 13.3. The molecule has 4 rings (SSSR count). The predicted octanol–water partition coefficient (Wildman–Crippen LogP) is 0.503. The van der Waals surface area contributed by atoms with Gasteiger partial charge in [0.15, 0.2) is 0 Å². The molecule has 0 unspecified atom stereocenters. The molecule has 124 valence electrons. The molecule has 23 heavy (non-hydrogen) atoms. The summed E-state index contributed by atoms with van der Waals surface area (Å²) in [4.78, 5) is 22.8. The standard InChI is InChI=1S/C16H23N5O2/c22-14(21-3-5-23-6-4-21)12-9-18-15(19-10-12)20-13-7-16(8-13)1-2-17-11-16/h9-10,13,17H,1-8,11H2,(H,18,19,20). The van der Waals surface area contributed by atoms with E-state index in [2.05, 4.69) is 20.6 Å². The molecule has 1 amide bonds. The topological polar surface area (TPSA) is 79.4 Å². The molecule has 7 heteroatoms. The summed E-state index contributed by atoms with van der Waals surface area (Å²) in [5.41, 5.74) is 1.05. The summed E-state index contributed by atoms with van der Waals surface area (Å²) < 4.78 is 5.27. The number of rotatable bonds is 3. The van der Waals surface area contributed by atoms with Crippen LogP contribution in [0.1, 0.15) is 29.6 Å². The molecule has 1 aromatic rings. The fourth-order valence-electron chi connectivity index (χ4n) is 3.88. The number of aromatic nitrogens is 2. The summed E-state index contributed by atoms with van der Waals surface area (Å²) in [7, 11) is 0. The van der Waals surface area contributed by atoms with Gasteiger partial charge in [-0.2, -0.15) is 0 Å². The van der Waals surface area contributed by atoms with Crippen molar-refractivity contribution in [1.29, 1.82) is 0 Å². The maximum atomic E-state index is 12.3. The molecule has 0 aromatic carbocycles. The highest BCUT2D eigenvalue weighted by molar-refractivity contribution is 5.93. The van der Waals surface area contributed by atoms with Crippen molar-refractivity contribution in [2.75, 3.05) is 44.7 Å². The highest BCUT2D eigenvalue weighted by atomic mass is 16.5. The number of anilines is 1. The lowest BCUT2D eigenvalue weighted by molar-refractivity contribution is 0.0302. The maximum Gasteiger partial charge on any atom is 0.257 e. The third-order valence-electron chi connectivity index (χ3n) is 5.22. The molecule has 0 radical (unpaired) electrons. The second-order valence-corrected chi connectivity index (χ2v) is 6.88. The summed E-state index contributed by atoms with van der Waals surface area (Å²) in [6.07, 6.45) is 6.88. The van der Waals surface area contributed by atoms with Crippen LogP contribution in [0.25, 0.3) is 0 Å². The monoisotopic (exact) mass is 317 g/mol. The normalized spacial score (nSPS) is 30.3. The summed E-state index contributed by atoms with van der Waals surface area (Å²) in [5.74, 6) is 0.605. The molecule has 1 saturated carbocycles. The fraction of sp³-hybridized carbons (Fsp3) is 0.688. The summed E-state index contributed by atoms with van der Waals surface area (Å²) in [6, 6.07) is 0.454. The van der Waals surface area contributed by atoms with Crippen molar-refractivity contribution < 1.29 is 9.53 Å². The molecular formula is C16H23N5O2. The van der Waals surface area contributed by atoms with Gasteiger partial charge in [0, 0.05) is 38.1 Å². The summed E-state index contributed by atoms with van der Waals surface area (Å²) in [6.45, 7) is 4.75. The van der Waals surface area contributed by atoms with Crippen LogP contribution in [0.3, 0.4) is 0 Å². The minimum atomic E-state index is -0.0144. The predicted molar refractivity (Wildman–Crippen MR) is 85.3 cm³/mol. The van der Waals surface area contributed by atoms with Gasteiger partial charge in [0.25, 0.3) is 5.91 Å². The van der Waals surface area contributed by atoms with Gasteiger partial charge in [-0.1, -0.05) is 0 Å². The van der Waals surface area contributed by atoms with Crippen LogP contribution in [0, 0.1) is 5.41 Å². The first-order chi connectivity index (χ1) is 11.2. The van der Waals surface area contributed by atoms with Crippen molar-refractivity contribution in [3.63, 3.8) is 0 Å². The van der Waals surface area contributed by atoms with Gasteiger partial charge in [-0.3, -0.25) is 4.79 Å². The lowest BCUT2D eigenvalue weighted by atomic mass is 9.65. The largest absolute Gasteiger partial charge is 0.378 e. The van der Waals surface area contributed by atoms with Crippen molar-refractivity contribution in [2.45, 2.75) is 25.3 Å². The van der Waals surface area contributed by atoms with Crippen LogP contribution in [-0.4, -0.2) is 66.2 Å². The van der Waals surface area contributed by atoms with E-state index in [9.17, 15) is 4.79 Å². The average Bonchev–Trinajstić information content (AvgIpc) is 3.05. The molecule has 1 aromatic heterocycles. The van der Waals surface area contributed by atoms with Gasteiger partial charge in [0.2, 0.25) is 5.95 Å². The van der Waals surface area contributed by atoms with E-state index < -0.39 is 0 Å². The van der Waals surface area contributed by atoms with E-state index in [0.717, 1.165) is 13.1 Å². The third-order valence-corrected chi connectivity index (χ3v) is 5.22. The van der Waals surface area contributed by atoms with Crippen LogP contribution in [0.2, 0.25) is 0 Å². The first-order valence-electron chi connectivity index (χ1n) is 8.40. The maximum absolute atomic E-state index is 12.3. The Balaban J connectivity index is 1.32. The van der Waals surface area contributed by atoms with Crippen LogP contribution in [0.4, 0.5) is 5.95 Å². The molecule has 2 saturated heterocycles. The van der Waals surface area contributed by atoms with Crippen LogP contribution in [0.5, 0.6) is 0 Å². The van der Waals surface area contributed by atoms with Gasteiger partial charge in [0.05, 0.1) is 18.8 Å². The van der Waals surface area contributed by atoms with E-state index in [-0.39, 0.29) is 5.91 Å². The molecule has 0 atom stereocenters. The van der Waals surface area contributed by atoms with Crippen LogP contribution in [0.15, 0.2) is 12.4 Å². The Hall–Kier alpha value is -1.73. The number of morpholine rings is 1. The van der Waals surface area contributed by atoms with E-state index in [4.69, 9.17) is 4.74 Å². The first-order valence-corrected chi connectivity index (χ1v) is 8.40. The molecule has 0 bridgehead atoms. The number of hydrogen-bond donors (Lipinski definition) is 2. The summed E-state index contributed by atoms with van der Waals surface area (Å²) >= 11 is 0. The molecule has 3 fully saturated rings. The molecule has 3 heterocycles. The van der Waals surface area contributed by atoms with Crippen molar-refractivity contribution in [3.05, 3.63) is 18.0 Å². The number of ether oxygens (including phenoxy) is 1. The zero-order chi connectivity index (χ0) is 15.7. The van der Waals surface area contributed by atoms with Crippen molar-refractivity contribution in [3.8, 4) is 0 Å². The zero-order valence-corrected chi connectivity index (χ0v) is 13.3. The third kappa shape index (κ3) is 3.03. The second-order valence-electron chi connectivity index (χ2n) is 6.88. The van der Waals surface area contributed by atoms with Gasteiger partial charge < -0.3 is 20.3 Å². The average molecular weight is 317 g/mol. The van der Waals surface area contributed by atoms with E-state index in [1.54, 1.807) is 17.3 Å². The molecule has 1 aliphatic carbocycles. The molecule has 7 nitrogen and oxygen atoms in total. The highest BCUT2D eigenvalue weighted by Gasteiger charge is 2.46. The van der Waals surface area contributed by atoms with Crippen molar-refractivity contribution in [1.82, 2.24) is 20.2 Å². The lowest BCUT2D eigenvalue weighted by Gasteiger charge is -2.45. The van der Waals surface area contributed by atoms with Gasteiger partial charge in [-0.05, 0) is 31.2 Å². The van der Waals surface area contributed by atoms with Crippen molar-refractivity contribution in [2.24, 2.45) is 5.41 Å². The van der Waals surface area contributed by atoms with Crippen molar-refractivity contribution >= 4 is 11.9 Å². The van der Waals surface area contributed by atoms with E-state index in [1.807, 2.05) is 0 Å². The lowest BCUT2D eigenvalue weighted by Crippen LogP contribution is -2.46. The number of hydrogen-bond acceptors (Lipinski definition) is 6. The van der Waals surface area contributed by atoms with E-state index >= 15 is 0 Å². The Labute approximate surface area is 135 Å². The Morgan fingerprint density at radius 1 is 1.30 bits per heavy atom. The smallest absolute Gasteiger partial charge is 0.257 e. The Bertz CT molecular complexity index is 556. The second kappa shape index (κ2) is 6.05. The van der Waals surface area contributed by atoms with E-state index in [0.29, 0.717) is 49.3 Å². The quantitative estimate of drug-likeness (QED) is 0.845. The highest BCUT2D eigenvalue weighted by Crippen LogP contribution is 2.46. The fourth-order valence-corrected chi connectivity index (χ4v) is 3.88. The molecule has 2 aliphatic heterocycles. The number of amides is 1. The number of nitrogens with zero attached hydrogens (tertiary/aromatic N) is 3. The van der Waals surface area contributed by atoms with Crippen LogP contribution >= 0.6 is 0 Å². The number of nitrogens with one attached hydrogen (secondary N) is 2. The Kier molecular flexibility index (Phi) is 3.90. The molecular weight excluding hydrogens is 294 g/mol. The van der Waals surface area contributed by atoms with Gasteiger partial charge in [0.1, 0.15) is 0 Å². The number of carbonyl (C=O) groups is 1. The molecule has 1 spiro atoms. The van der Waals surface area contributed by atoms with E-state index in [1.165, 1.54) is 19.3 Å². The molecule has 2 N–H and O–H groups in total. The SMILES string of the molecule is O=C(c1cnc(NC2CC3(CCNC3)C2)nc1)N1CCOCC1. The van der Waals surface area contributed by atoms with Crippen LogP contribution < -0.4 is 10.6 Å². The first kappa shape index (κ1) is 14.8.